The lowest BCUT2D eigenvalue weighted by atomic mass is 9.67. The third-order valence-corrected chi connectivity index (χ3v) is 5.41. The zero-order valence-electron chi connectivity index (χ0n) is 13.0. The molecule has 22 heavy (non-hydrogen) atoms. The maximum Gasteiger partial charge on any atom is 0.228 e. The summed E-state index contributed by atoms with van der Waals surface area (Å²) < 4.78 is 5.34. The van der Waals surface area contributed by atoms with Gasteiger partial charge < -0.3 is 15.4 Å². The number of halogens is 1. The van der Waals surface area contributed by atoms with Gasteiger partial charge in [-0.2, -0.15) is 0 Å². The monoisotopic (exact) mass is 322 g/mol. The Morgan fingerprint density at radius 3 is 3.18 bits per heavy atom. The normalized spacial score (nSPS) is 27.3. The number of carbonyl (C=O) groups is 1. The average molecular weight is 323 g/mol. The van der Waals surface area contributed by atoms with Gasteiger partial charge in [0.2, 0.25) is 5.91 Å². The van der Waals surface area contributed by atoms with Crippen molar-refractivity contribution in [1.29, 1.82) is 0 Å². The van der Waals surface area contributed by atoms with E-state index in [1.165, 1.54) is 6.42 Å². The van der Waals surface area contributed by atoms with Gasteiger partial charge in [0.15, 0.2) is 0 Å². The van der Waals surface area contributed by atoms with Crippen molar-refractivity contribution in [3.05, 3.63) is 28.8 Å². The van der Waals surface area contributed by atoms with Crippen LogP contribution in [0.15, 0.2) is 18.2 Å². The van der Waals surface area contributed by atoms with Crippen molar-refractivity contribution in [2.75, 3.05) is 20.2 Å². The van der Waals surface area contributed by atoms with Gasteiger partial charge in [-0.25, -0.2) is 0 Å². The molecule has 0 bridgehead atoms. The standard InChI is InChI=1S/C17H23ClN2O2/c1-22-15-8-14(18)6-5-12(15)9-20-16(21)17-7-3-2-4-13(17)10-19-11-17/h5-6,8,13,19H,2-4,7,9-11H2,1H3,(H,20,21)/t13-,17+/m0/s1. The molecule has 2 N–H and O–H groups in total. The van der Waals surface area contributed by atoms with E-state index >= 15 is 0 Å². The van der Waals surface area contributed by atoms with Crippen LogP contribution >= 0.6 is 11.6 Å². The molecule has 1 aliphatic heterocycles. The van der Waals surface area contributed by atoms with Crippen LogP contribution in [0.1, 0.15) is 31.2 Å². The van der Waals surface area contributed by atoms with Crippen molar-refractivity contribution >= 4 is 17.5 Å². The third kappa shape index (κ3) is 2.82. The number of methoxy groups -OCH3 is 1. The molecule has 2 atom stereocenters. The quantitative estimate of drug-likeness (QED) is 0.896. The third-order valence-electron chi connectivity index (χ3n) is 5.18. The minimum absolute atomic E-state index is 0.180. The van der Waals surface area contributed by atoms with Gasteiger partial charge in [0.1, 0.15) is 5.75 Å². The summed E-state index contributed by atoms with van der Waals surface area (Å²) in [5.41, 5.74) is 0.743. The predicted molar refractivity (Wildman–Crippen MR) is 87.1 cm³/mol. The molecule has 0 spiro atoms. The van der Waals surface area contributed by atoms with Crippen molar-refractivity contribution in [3.8, 4) is 5.75 Å². The summed E-state index contributed by atoms with van der Waals surface area (Å²) in [6.07, 6.45) is 4.54. The maximum atomic E-state index is 12.8. The first-order valence-corrected chi connectivity index (χ1v) is 8.35. The molecule has 0 radical (unpaired) electrons. The van der Waals surface area contributed by atoms with Gasteiger partial charge in [0.25, 0.3) is 0 Å². The molecule has 1 saturated heterocycles. The van der Waals surface area contributed by atoms with E-state index in [0.29, 0.717) is 17.5 Å². The number of hydrogen-bond donors (Lipinski definition) is 2. The highest BCUT2D eigenvalue weighted by molar-refractivity contribution is 6.30. The zero-order chi connectivity index (χ0) is 15.6. The molecule has 3 rings (SSSR count). The Labute approximate surface area is 136 Å². The zero-order valence-corrected chi connectivity index (χ0v) is 13.7. The SMILES string of the molecule is COc1cc(Cl)ccc1CNC(=O)[C@@]12CCCC[C@H]1CNC2. The Balaban J connectivity index is 1.70. The number of ether oxygens (including phenoxy) is 1. The number of rotatable bonds is 4. The van der Waals surface area contributed by atoms with Gasteiger partial charge in [-0.1, -0.05) is 30.5 Å². The van der Waals surface area contributed by atoms with Crippen LogP contribution in [0.25, 0.3) is 0 Å². The summed E-state index contributed by atoms with van der Waals surface area (Å²) in [5.74, 6) is 1.38. The number of nitrogens with one attached hydrogen (secondary N) is 2. The molecule has 2 aliphatic rings. The van der Waals surface area contributed by atoms with Crippen LogP contribution in [-0.2, 0) is 11.3 Å². The van der Waals surface area contributed by atoms with E-state index in [1.807, 2.05) is 12.1 Å². The van der Waals surface area contributed by atoms with E-state index < -0.39 is 0 Å². The minimum atomic E-state index is -0.210. The van der Waals surface area contributed by atoms with Crippen LogP contribution in [0.5, 0.6) is 5.75 Å². The maximum absolute atomic E-state index is 12.8. The Morgan fingerprint density at radius 2 is 2.36 bits per heavy atom. The smallest absolute Gasteiger partial charge is 0.228 e. The van der Waals surface area contributed by atoms with Crippen molar-refractivity contribution in [2.45, 2.75) is 32.2 Å². The van der Waals surface area contributed by atoms with Crippen molar-refractivity contribution < 1.29 is 9.53 Å². The van der Waals surface area contributed by atoms with Gasteiger partial charge in [-0.15, -0.1) is 0 Å². The van der Waals surface area contributed by atoms with Gasteiger partial charge in [0.05, 0.1) is 12.5 Å². The van der Waals surface area contributed by atoms with Gasteiger partial charge in [-0.05, 0) is 37.4 Å². The van der Waals surface area contributed by atoms with Crippen molar-refractivity contribution in [2.24, 2.45) is 11.3 Å². The molecule has 0 unspecified atom stereocenters. The average Bonchev–Trinajstić information content (AvgIpc) is 2.98. The molecule has 1 amide bonds. The summed E-state index contributed by atoms with van der Waals surface area (Å²) >= 11 is 5.98. The molecule has 1 aromatic carbocycles. The highest BCUT2D eigenvalue weighted by Crippen LogP contribution is 2.44. The topological polar surface area (TPSA) is 50.4 Å². The first kappa shape index (κ1) is 15.6. The fraction of sp³-hybridized carbons (Fsp3) is 0.588. The molecule has 4 nitrogen and oxygen atoms in total. The second kappa shape index (κ2) is 6.47. The molecule has 1 saturated carbocycles. The van der Waals surface area contributed by atoms with Crippen molar-refractivity contribution in [3.63, 3.8) is 0 Å². The highest BCUT2D eigenvalue weighted by Gasteiger charge is 2.49. The Kier molecular flexibility index (Phi) is 4.59. The first-order valence-electron chi connectivity index (χ1n) is 7.97. The van der Waals surface area contributed by atoms with Gasteiger partial charge in [0, 0.05) is 23.7 Å². The van der Waals surface area contributed by atoms with Crippen LogP contribution in [0, 0.1) is 11.3 Å². The summed E-state index contributed by atoms with van der Waals surface area (Å²) in [7, 11) is 1.62. The van der Waals surface area contributed by atoms with E-state index in [2.05, 4.69) is 10.6 Å². The molecule has 120 valence electrons. The fourth-order valence-corrected chi connectivity index (χ4v) is 4.07. The summed E-state index contributed by atoms with van der Waals surface area (Å²) in [5, 5.41) is 7.17. The molecule has 1 heterocycles. The highest BCUT2D eigenvalue weighted by atomic mass is 35.5. The summed E-state index contributed by atoms with van der Waals surface area (Å²) in [6.45, 7) is 2.26. The summed E-state index contributed by atoms with van der Waals surface area (Å²) in [4.78, 5) is 12.8. The Morgan fingerprint density at radius 1 is 1.50 bits per heavy atom. The molecule has 0 aromatic heterocycles. The van der Waals surface area contributed by atoms with E-state index in [0.717, 1.165) is 43.7 Å². The molecule has 5 heteroatoms. The predicted octanol–water partition coefficient (Wildman–Crippen LogP) is 2.74. The van der Waals surface area contributed by atoms with Gasteiger partial charge in [-0.3, -0.25) is 4.79 Å². The minimum Gasteiger partial charge on any atom is -0.496 e. The molecule has 1 aromatic rings. The Hall–Kier alpha value is -1.26. The lowest BCUT2D eigenvalue weighted by Crippen LogP contribution is -2.47. The first-order chi connectivity index (χ1) is 10.7. The number of benzene rings is 1. The van der Waals surface area contributed by atoms with Crippen LogP contribution in [0.3, 0.4) is 0 Å². The van der Waals surface area contributed by atoms with E-state index in [9.17, 15) is 4.79 Å². The van der Waals surface area contributed by atoms with E-state index in [1.54, 1.807) is 13.2 Å². The summed E-state index contributed by atoms with van der Waals surface area (Å²) in [6, 6.07) is 5.51. The number of hydrogen-bond acceptors (Lipinski definition) is 3. The number of carbonyl (C=O) groups excluding carboxylic acids is 1. The molecular weight excluding hydrogens is 300 g/mol. The molecule has 2 fully saturated rings. The Bertz CT molecular complexity index is 564. The lowest BCUT2D eigenvalue weighted by Gasteiger charge is -2.37. The van der Waals surface area contributed by atoms with Crippen LogP contribution < -0.4 is 15.4 Å². The van der Waals surface area contributed by atoms with Crippen LogP contribution in [-0.4, -0.2) is 26.1 Å². The van der Waals surface area contributed by atoms with Crippen LogP contribution in [0.4, 0.5) is 0 Å². The van der Waals surface area contributed by atoms with Crippen molar-refractivity contribution in [1.82, 2.24) is 10.6 Å². The molecular formula is C17H23ClN2O2. The fourth-order valence-electron chi connectivity index (χ4n) is 3.91. The van der Waals surface area contributed by atoms with E-state index in [-0.39, 0.29) is 11.3 Å². The largest absolute Gasteiger partial charge is 0.496 e. The lowest BCUT2D eigenvalue weighted by molar-refractivity contribution is -0.134. The second-order valence-corrected chi connectivity index (χ2v) is 6.81. The number of amides is 1. The van der Waals surface area contributed by atoms with Crippen LogP contribution in [0.2, 0.25) is 5.02 Å². The van der Waals surface area contributed by atoms with Gasteiger partial charge >= 0.3 is 0 Å². The molecule has 1 aliphatic carbocycles. The second-order valence-electron chi connectivity index (χ2n) is 6.37. The van der Waals surface area contributed by atoms with E-state index in [4.69, 9.17) is 16.3 Å². The number of fused-ring (bicyclic) bond motifs is 1.